The molecule has 1 aliphatic carbocycles. The summed E-state index contributed by atoms with van der Waals surface area (Å²) in [5, 5.41) is 4.05. The lowest BCUT2D eigenvalue weighted by atomic mass is 9.87. The van der Waals surface area contributed by atoms with E-state index in [-0.39, 0.29) is 5.91 Å². The van der Waals surface area contributed by atoms with Crippen molar-refractivity contribution in [1.29, 1.82) is 0 Å². The highest BCUT2D eigenvalue weighted by Crippen LogP contribution is 2.33. The molecule has 0 radical (unpaired) electrons. The average molecular weight is 289 g/mol. The summed E-state index contributed by atoms with van der Waals surface area (Å²) in [7, 11) is 0. The van der Waals surface area contributed by atoms with E-state index in [1.54, 1.807) is 12.4 Å². The van der Waals surface area contributed by atoms with Crippen LogP contribution in [0.4, 0.5) is 5.69 Å². The molecule has 0 atom stereocenters. The lowest BCUT2D eigenvalue weighted by Gasteiger charge is -2.26. The summed E-state index contributed by atoms with van der Waals surface area (Å²) in [5.74, 6) is 0.742. The fraction of sp³-hybridized carbons (Fsp3) is 0.467. The van der Waals surface area contributed by atoms with Crippen LogP contribution >= 0.6 is 11.3 Å². The maximum atomic E-state index is 12.4. The van der Waals surface area contributed by atoms with Gasteiger partial charge < -0.3 is 11.1 Å². The van der Waals surface area contributed by atoms with Crippen molar-refractivity contribution >= 4 is 33.0 Å². The molecular weight excluding hydrogens is 270 g/mol. The van der Waals surface area contributed by atoms with Gasteiger partial charge in [0.25, 0.3) is 5.91 Å². The molecule has 2 heterocycles. The number of hydrogen-bond acceptors (Lipinski definition) is 4. The largest absolute Gasteiger partial charge is 0.397 e. The topological polar surface area (TPSA) is 68.0 Å². The van der Waals surface area contributed by atoms with Crippen LogP contribution < -0.4 is 11.1 Å². The van der Waals surface area contributed by atoms with Crippen LogP contribution in [0.15, 0.2) is 18.5 Å². The van der Waals surface area contributed by atoms with E-state index in [0.29, 0.717) is 16.6 Å². The van der Waals surface area contributed by atoms with Crippen LogP contribution in [0.3, 0.4) is 0 Å². The average Bonchev–Trinajstić information content (AvgIpc) is 2.79. The van der Waals surface area contributed by atoms with Gasteiger partial charge in [-0.3, -0.25) is 9.78 Å². The van der Waals surface area contributed by atoms with Gasteiger partial charge in [-0.25, -0.2) is 0 Å². The zero-order chi connectivity index (χ0) is 14.1. The molecule has 5 heteroatoms. The van der Waals surface area contributed by atoms with Gasteiger partial charge in [-0.05, 0) is 37.7 Å². The Labute approximate surface area is 122 Å². The smallest absolute Gasteiger partial charge is 0.263 e. The Morgan fingerprint density at radius 3 is 2.85 bits per heavy atom. The number of rotatable bonds is 2. The predicted molar refractivity (Wildman–Crippen MR) is 82.9 cm³/mol. The number of nitrogens with one attached hydrogen (secondary N) is 1. The molecule has 106 valence electrons. The number of anilines is 1. The van der Waals surface area contributed by atoms with Crippen molar-refractivity contribution in [2.75, 3.05) is 5.73 Å². The van der Waals surface area contributed by atoms with Crippen LogP contribution in [-0.2, 0) is 0 Å². The molecule has 3 rings (SSSR count). The number of aromatic nitrogens is 1. The molecule has 0 bridgehead atoms. The number of carbonyl (C=O) groups is 1. The lowest BCUT2D eigenvalue weighted by Crippen LogP contribution is -2.37. The number of nitrogen functional groups attached to an aromatic ring is 1. The van der Waals surface area contributed by atoms with Gasteiger partial charge >= 0.3 is 0 Å². The van der Waals surface area contributed by atoms with Crippen LogP contribution in [0.2, 0.25) is 0 Å². The molecule has 0 saturated heterocycles. The van der Waals surface area contributed by atoms with Crippen molar-refractivity contribution in [1.82, 2.24) is 10.3 Å². The van der Waals surface area contributed by atoms with E-state index in [9.17, 15) is 4.79 Å². The van der Waals surface area contributed by atoms with Crippen molar-refractivity contribution in [3.05, 3.63) is 23.3 Å². The second kappa shape index (κ2) is 5.40. The van der Waals surface area contributed by atoms with E-state index in [2.05, 4.69) is 17.2 Å². The number of carbonyl (C=O) groups excluding carboxylic acids is 1. The fourth-order valence-electron chi connectivity index (χ4n) is 2.80. The van der Waals surface area contributed by atoms with Crippen LogP contribution in [0, 0.1) is 5.92 Å². The third-order valence-electron chi connectivity index (χ3n) is 4.09. The highest BCUT2D eigenvalue weighted by Gasteiger charge is 2.22. The van der Waals surface area contributed by atoms with Gasteiger partial charge in [0.15, 0.2) is 0 Å². The van der Waals surface area contributed by atoms with E-state index in [1.165, 1.54) is 24.2 Å². The summed E-state index contributed by atoms with van der Waals surface area (Å²) in [6.07, 6.45) is 7.98. The SMILES string of the molecule is CC1CCC(NC(=O)c2sc3cnccc3c2N)CC1. The summed E-state index contributed by atoms with van der Waals surface area (Å²) in [6.45, 7) is 2.27. The third kappa shape index (κ3) is 2.50. The molecule has 1 saturated carbocycles. The van der Waals surface area contributed by atoms with Gasteiger partial charge in [0.2, 0.25) is 0 Å². The van der Waals surface area contributed by atoms with E-state index in [1.807, 2.05) is 6.07 Å². The summed E-state index contributed by atoms with van der Waals surface area (Å²) >= 11 is 1.42. The third-order valence-corrected chi connectivity index (χ3v) is 5.24. The first kappa shape index (κ1) is 13.4. The molecule has 0 aliphatic heterocycles. The van der Waals surface area contributed by atoms with Crippen LogP contribution in [0.1, 0.15) is 42.3 Å². The van der Waals surface area contributed by atoms with Crippen molar-refractivity contribution < 1.29 is 4.79 Å². The first-order valence-corrected chi connectivity index (χ1v) is 7.89. The van der Waals surface area contributed by atoms with E-state index < -0.39 is 0 Å². The van der Waals surface area contributed by atoms with Crippen molar-refractivity contribution in [3.8, 4) is 0 Å². The fourth-order valence-corrected chi connectivity index (χ4v) is 3.79. The summed E-state index contributed by atoms with van der Waals surface area (Å²) < 4.78 is 0.965. The minimum absolute atomic E-state index is 0.0387. The van der Waals surface area contributed by atoms with E-state index >= 15 is 0 Å². The molecule has 1 aliphatic rings. The first-order valence-electron chi connectivity index (χ1n) is 7.08. The normalized spacial score (nSPS) is 22.9. The summed E-state index contributed by atoms with van der Waals surface area (Å²) in [6, 6.07) is 2.15. The van der Waals surface area contributed by atoms with Gasteiger partial charge in [-0.2, -0.15) is 0 Å². The molecule has 0 spiro atoms. The Morgan fingerprint density at radius 2 is 2.15 bits per heavy atom. The van der Waals surface area contributed by atoms with Gasteiger partial charge in [-0.1, -0.05) is 6.92 Å². The molecule has 2 aromatic heterocycles. The van der Waals surface area contributed by atoms with Gasteiger partial charge in [0.05, 0.1) is 10.4 Å². The molecule has 2 aromatic rings. The zero-order valence-corrected chi connectivity index (χ0v) is 12.4. The second-order valence-electron chi connectivity index (χ2n) is 5.65. The van der Waals surface area contributed by atoms with Crippen molar-refractivity contribution in [2.24, 2.45) is 5.92 Å². The number of nitrogens with two attached hydrogens (primary N) is 1. The minimum atomic E-state index is -0.0387. The summed E-state index contributed by atoms with van der Waals surface area (Å²) in [4.78, 5) is 17.1. The van der Waals surface area contributed by atoms with Crippen molar-refractivity contribution in [2.45, 2.75) is 38.6 Å². The maximum absolute atomic E-state index is 12.4. The number of pyridine rings is 1. The standard InChI is InChI=1S/C15H19N3OS/c1-9-2-4-10(5-3-9)18-15(19)14-13(16)11-6-7-17-8-12(11)20-14/h6-10H,2-5,16H2,1H3,(H,18,19). The van der Waals surface area contributed by atoms with E-state index in [4.69, 9.17) is 5.73 Å². The monoisotopic (exact) mass is 289 g/mol. The molecule has 0 aromatic carbocycles. The maximum Gasteiger partial charge on any atom is 0.263 e. The molecular formula is C15H19N3OS. The van der Waals surface area contributed by atoms with Gasteiger partial charge in [-0.15, -0.1) is 11.3 Å². The Kier molecular flexibility index (Phi) is 3.61. The molecule has 0 unspecified atom stereocenters. The van der Waals surface area contributed by atoms with Gasteiger partial charge in [0, 0.05) is 23.8 Å². The number of fused-ring (bicyclic) bond motifs is 1. The lowest BCUT2D eigenvalue weighted by molar-refractivity contribution is 0.0928. The van der Waals surface area contributed by atoms with Crippen LogP contribution in [-0.4, -0.2) is 16.9 Å². The molecule has 4 nitrogen and oxygen atoms in total. The molecule has 1 fully saturated rings. The Balaban J connectivity index is 1.77. The van der Waals surface area contributed by atoms with E-state index in [0.717, 1.165) is 28.8 Å². The van der Waals surface area contributed by atoms with Gasteiger partial charge in [0.1, 0.15) is 4.88 Å². The number of hydrogen-bond donors (Lipinski definition) is 2. The number of thiophene rings is 1. The van der Waals surface area contributed by atoms with Crippen LogP contribution in [0.5, 0.6) is 0 Å². The first-order chi connectivity index (χ1) is 9.65. The predicted octanol–water partition coefficient (Wildman–Crippen LogP) is 3.19. The summed E-state index contributed by atoms with van der Waals surface area (Å²) in [5.41, 5.74) is 6.67. The molecule has 3 N–H and O–H groups in total. The minimum Gasteiger partial charge on any atom is -0.397 e. The highest BCUT2D eigenvalue weighted by atomic mass is 32.1. The second-order valence-corrected chi connectivity index (χ2v) is 6.70. The number of nitrogens with zero attached hydrogens (tertiary/aromatic N) is 1. The zero-order valence-electron chi connectivity index (χ0n) is 11.6. The molecule has 1 amide bonds. The Bertz CT molecular complexity index is 629. The van der Waals surface area contributed by atoms with Crippen molar-refractivity contribution in [3.63, 3.8) is 0 Å². The Morgan fingerprint density at radius 1 is 1.40 bits per heavy atom. The quantitative estimate of drug-likeness (QED) is 0.892. The number of amides is 1. The highest BCUT2D eigenvalue weighted by molar-refractivity contribution is 7.21. The molecule has 20 heavy (non-hydrogen) atoms. The van der Waals surface area contributed by atoms with Crippen LogP contribution in [0.25, 0.3) is 10.1 Å². The Hall–Kier alpha value is -1.62.